The number of allylic oxidation sites excluding steroid dienone is 1. The van der Waals surface area contributed by atoms with Crippen LogP contribution in [-0.2, 0) is 4.79 Å². The van der Waals surface area contributed by atoms with E-state index in [1.54, 1.807) is 24.3 Å². The number of hydrogen-bond acceptors (Lipinski definition) is 3. The molecule has 3 rings (SSSR count). The second kappa shape index (κ2) is 10.3. The van der Waals surface area contributed by atoms with Crippen LogP contribution < -0.4 is 4.74 Å². The quantitative estimate of drug-likeness (QED) is 0.291. The number of ether oxygens (including phenoxy) is 1. The molecule has 0 aliphatic heterocycles. The largest absolute Gasteiger partial charge is 0.426 e. The lowest BCUT2D eigenvalue weighted by molar-refractivity contribution is -0.140. The summed E-state index contributed by atoms with van der Waals surface area (Å²) in [5, 5.41) is 8.83. The number of esters is 1. The fourth-order valence-corrected chi connectivity index (χ4v) is 3.62. The van der Waals surface area contributed by atoms with Gasteiger partial charge < -0.3 is 4.74 Å². The van der Waals surface area contributed by atoms with Crippen LogP contribution in [0.15, 0.2) is 61.2 Å². The third-order valence-electron chi connectivity index (χ3n) is 5.40. The predicted octanol–water partition coefficient (Wildman–Crippen LogP) is 5.64. The van der Waals surface area contributed by atoms with Gasteiger partial charge in [0, 0.05) is 11.1 Å². The summed E-state index contributed by atoms with van der Waals surface area (Å²) < 4.78 is 5.58. The number of carbonyl (C=O) groups excluding carboxylic acids is 1. The molecule has 0 saturated heterocycles. The Morgan fingerprint density at radius 1 is 0.966 bits per heavy atom. The molecule has 0 aromatic heterocycles. The molecule has 0 N–H and O–H groups in total. The van der Waals surface area contributed by atoms with Crippen LogP contribution in [0, 0.1) is 35.0 Å². The highest BCUT2D eigenvalue weighted by Crippen LogP contribution is 2.32. The molecule has 0 radical (unpaired) electrons. The van der Waals surface area contributed by atoms with Gasteiger partial charge in [0.05, 0.1) is 17.6 Å². The van der Waals surface area contributed by atoms with Gasteiger partial charge in [-0.1, -0.05) is 17.9 Å². The van der Waals surface area contributed by atoms with E-state index >= 15 is 0 Å². The van der Waals surface area contributed by atoms with Crippen molar-refractivity contribution in [1.29, 1.82) is 5.26 Å². The smallest absolute Gasteiger partial charge is 0.314 e. The van der Waals surface area contributed by atoms with Crippen LogP contribution in [-0.4, -0.2) is 5.97 Å². The van der Waals surface area contributed by atoms with Crippen molar-refractivity contribution in [3.63, 3.8) is 0 Å². The molecule has 0 heterocycles. The summed E-state index contributed by atoms with van der Waals surface area (Å²) in [6.45, 7) is 3.78. The van der Waals surface area contributed by atoms with Crippen molar-refractivity contribution >= 4 is 5.97 Å². The van der Waals surface area contributed by atoms with Gasteiger partial charge in [0.2, 0.25) is 0 Å². The zero-order valence-corrected chi connectivity index (χ0v) is 16.6. The van der Waals surface area contributed by atoms with Gasteiger partial charge in [-0.2, -0.15) is 5.26 Å². The number of benzene rings is 2. The Morgan fingerprint density at radius 3 is 2.07 bits per heavy atom. The SMILES string of the molecule is C=CCCC1CCC(C(=O)Oc2ccc(C#Cc3ccc(C#N)cc3)cc2)CC1. The molecule has 0 unspecified atom stereocenters. The lowest BCUT2D eigenvalue weighted by Gasteiger charge is -2.26. The van der Waals surface area contributed by atoms with Crippen LogP contribution in [0.1, 0.15) is 55.2 Å². The van der Waals surface area contributed by atoms with E-state index in [2.05, 4.69) is 24.5 Å². The fraction of sp³-hybridized carbons (Fsp3) is 0.308. The lowest BCUT2D eigenvalue weighted by atomic mass is 9.80. The van der Waals surface area contributed by atoms with Gasteiger partial charge >= 0.3 is 5.97 Å². The highest BCUT2D eigenvalue weighted by molar-refractivity contribution is 5.75. The van der Waals surface area contributed by atoms with Crippen molar-refractivity contribution in [1.82, 2.24) is 0 Å². The zero-order chi connectivity index (χ0) is 20.5. The monoisotopic (exact) mass is 383 g/mol. The first kappa shape index (κ1) is 20.4. The average Bonchev–Trinajstić information content (AvgIpc) is 2.78. The molecule has 0 atom stereocenters. The zero-order valence-electron chi connectivity index (χ0n) is 16.6. The second-order valence-corrected chi connectivity index (χ2v) is 7.47. The summed E-state index contributed by atoms with van der Waals surface area (Å²) in [4.78, 5) is 12.4. The third kappa shape index (κ3) is 6.09. The predicted molar refractivity (Wildman–Crippen MR) is 114 cm³/mol. The molecule has 2 aromatic rings. The molecule has 3 heteroatoms. The van der Waals surface area contributed by atoms with E-state index in [1.807, 2.05) is 30.3 Å². The van der Waals surface area contributed by atoms with E-state index < -0.39 is 0 Å². The van der Waals surface area contributed by atoms with Crippen LogP contribution in [0.4, 0.5) is 0 Å². The third-order valence-corrected chi connectivity index (χ3v) is 5.40. The van der Waals surface area contributed by atoms with Crippen LogP contribution >= 0.6 is 0 Å². The Hall–Kier alpha value is -3.30. The van der Waals surface area contributed by atoms with Crippen molar-refractivity contribution in [2.24, 2.45) is 11.8 Å². The highest BCUT2D eigenvalue weighted by atomic mass is 16.5. The van der Waals surface area contributed by atoms with Gasteiger partial charge in [0.25, 0.3) is 0 Å². The number of nitrogens with zero attached hydrogens (tertiary/aromatic N) is 1. The van der Waals surface area contributed by atoms with Gasteiger partial charge in [-0.25, -0.2) is 0 Å². The average molecular weight is 383 g/mol. The Balaban J connectivity index is 1.51. The topological polar surface area (TPSA) is 50.1 Å². The maximum atomic E-state index is 12.4. The highest BCUT2D eigenvalue weighted by Gasteiger charge is 2.27. The van der Waals surface area contributed by atoms with Crippen molar-refractivity contribution in [3.05, 3.63) is 77.9 Å². The van der Waals surface area contributed by atoms with Crippen LogP contribution in [0.3, 0.4) is 0 Å². The molecule has 0 amide bonds. The Morgan fingerprint density at radius 2 is 1.52 bits per heavy atom. The Labute approximate surface area is 173 Å². The van der Waals surface area contributed by atoms with E-state index in [-0.39, 0.29) is 11.9 Å². The number of carbonyl (C=O) groups is 1. The van der Waals surface area contributed by atoms with Gasteiger partial charge in [0.15, 0.2) is 0 Å². The van der Waals surface area contributed by atoms with Gasteiger partial charge in [-0.3, -0.25) is 4.79 Å². The lowest BCUT2D eigenvalue weighted by Crippen LogP contribution is -2.25. The number of rotatable bonds is 5. The van der Waals surface area contributed by atoms with Gasteiger partial charge in [-0.05, 0) is 93.0 Å². The van der Waals surface area contributed by atoms with E-state index in [9.17, 15) is 4.79 Å². The molecule has 1 saturated carbocycles. The van der Waals surface area contributed by atoms with E-state index in [0.717, 1.165) is 43.2 Å². The normalized spacial score (nSPS) is 18.0. The minimum absolute atomic E-state index is 0.00540. The molecule has 3 nitrogen and oxygen atoms in total. The minimum atomic E-state index is -0.122. The molecular formula is C26H25NO2. The molecule has 29 heavy (non-hydrogen) atoms. The summed E-state index contributed by atoms with van der Waals surface area (Å²) in [5.41, 5.74) is 2.31. The molecule has 0 spiro atoms. The first-order valence-electron chi connectivity index (χ1n) is 10.1. The maximum Gasteiger partial charge on any atom is 0.314 e. The van der Waals surface area contributed by atoms with Crippen molar-refractivity contribution in [2.75, 3.05) is 0 Å². The van der Waals surface area contributed by atoms with Crippen LogP contribution in [0.25, 0.3) is 0 Å². The molecule has 1 fully saturated rings. The first-order chi connectivity index (χ1) is 14.2. The molecule has 1 aliphatic carbocycles. The van der Waals surface area contributed by atoms with Crippen molar-refractivity contribution in [2.45, 2.75) is 38.5 Å². The molecular weight excluding hydrogens is 358 g/mol. The first-order valence-corrected chi connectivity index (χ1v) is 10.1. The van der Waals surface area contributed by atoms with E-state index in [4.69, 9.17) is 10.00 Å². The van der Waals surface area contributed by atoms with Crippen LogP contribution in [0.2, 0.25) is 0 Å². The number of hydrogen-bond donors (Lipinski definition) is 0. The number of nitriles is 1. The maximum absolute atomic E-state index is 12.4. The summed E-state index contributed by atoms with van der Waals surface area (Å²) >= 11 is 0. The fourth-order valence-electron chi connectivity index (χ4n) is 3.62. The Kier molecular flexibility index (Phi) is 7.26. The van der Waals surface area contributed by atoms with E-state index in [0.29, 0.717) is 17.2 Å². The molecule has 0 bridgehead atoms. The summed E-state index contributed by atoms with van der Waals surface area (Å²) in [6.07, 6.45) is 8.22. The van der Waals surface area contributed by atoms with Crippen molar-refractivity contribution < 1.29 is 9.53 Å². The summed E-state index contributed by atoms with van der Waals surface area (Å²) in [7, 11) is 0. The van der Waals surface area contributed by atoms with Gasteiger partial charge in [-0.15, -0.1) is 6.58 Å². The van der Waals surface area contributed by atoms with Gasteiger partial charge in [0.1, 0.15) is 5.75 Å². The minimum Gasteiger partial charge on any atom is -0.426 e. The molecule has 2 aromatic carbocycles. The molecule has 1 aliphatic rings. The Bertz CT molecular complexity index is 931. The molecule has 146 valence electrons. The van der Waals surface area contributed by atoms with Crippen LogP contribution in [0.5, 0.6) is 5.75 Å². The second-order valence-electron chi connectivity index (χ2n) is 7.47. The standard InChI is InChI=1S/C26H25NO2/c1-2-3-4-20-11-15-24(16-12-20)26(28)29-25-17-13-22(14-18-25)6-5-21-7-9-23(19-27)10-8-21/h2,7-10,13-14,17-18,20,24H,1,3-4,11-12,15-16H2. The summed E-state index contributed by atoms with van der Waals surface area (Å²) in [6, 6.07) is 16.5. The van der Waals surface area contributed by atoms with Crippen molar-refractivity contribution in [3.8, 4) is 23.7 Å². The van der Waals surface area contributed by atoms with E-state index in [1.165, 1.54) is 6.42 Å². The summed E-state index contributed by atoms with van der Waals surface area (Å²) in [5.74, 6) is 7.31.